The minimum absolute atomic E-state index is 0.208. The fraction of sp³-hybridized carbons (Fsp3) is 0.533. The van der Waals surface area contributed by atoms with Crippen LogP contribution in [0.4, 0.5) is 4.39 Å². The lowest BCUT2D eigenvalue weighted by atomic mass is 10.1. The van der Waals surface area contributed by atoms with Gasteiger partial charge in [0.25, 0.3) is 0 Å². The van der Waals surface area contributed by atoms with Crippen molar-refractivity contribution in [2.24, 2.45) is 0 Å². The highest BCUT2D eigenvalue weighted by Gasteiger charge is 2.23. The van der Waals surface area contributed by atoms with E-state index in [-0.39, 0.29) is 5.82 Å². The molecule has 3 rings (SSSR count). The molecule has 0 N–H and O–H groups in total. The summed E-state index contributed by atoms with van der Waals surface area (Å²) >= 11 is 5.90. The van der Waals surface area contributed by atoms with Crippen molar-refractivity contribution in [3.05, 3.63) is 29.8 Å². The van der Waals surface area contributed by atoms with E-state index in [0.717, 1.165) is 49.2 Å². The Labute approximate surface area is 123 Å². The molecule has 0 aliphatic carbocycles. The summed E-state index contributed by atoms with van der Waals surface area (Å²) in [6.45, 7) is 2.11. The Hall–Kier alpha value is -1.13. The Balaban J connectivity index is 2.09. The molecular weight excluding hydrogens is 277 g/mol. The molecule has 0 spiro atoms. The zero-order valence-electron chi connectivity index (χ0n) is 11.6. The van der Waals surface area contributed by atoms with E-state index >= 15 is 0 Å². The van der Waals surface area contributed by atoms with E-state index < -0.39 is 0 Å². The number of halogens is 2. The molecule has 2 heterocycles. The molecule has 0 radical (unpaired) electrons. The van der Waals surface area contributed by atoms with Crippen molar-refractivity contribution in [3.63, 3.8) is 0 Å². The number of likely N-dealkylation sites (N-methyl/N-ethyl adjacent to an activating group) is 1. The Bertz CT molecular complexity index is 610. The highest BCUT2D eigenvalue weighted by molar-refractivity contribution is 6.17. The van der Waals surface area contributed by atoms with Crippen LogP contribution < -0.4 is 0 Å². The number of rotatable bonds is 3. The third-order valence-electron chi connectivity index (χ3n) is 4.01. The van der Waals surface area contributed by atoms with Gasteiger partial charge in [0.1, 0.15) is 11.6 Å². The fourth-order valence-corrected chi connectivity index (χ4v) is 3.30. The Morgan fingerprint density at radius 3 is 3.05 bits per heavy atom. The standard InChI is InChI=1S/C15H19ClFN3/c1-19-8-2-3-12(10-19)20-14-9-11(17)4-5-13(14)18-15(20)6-7-16/h4-5,9,12H,2-3,6-8,10H2,1H3. The number of imidazole rings is 1. The van der Waals surface area contributed by atoms with Crippen LogP contribution in [-0.2, 0) is 6.42 Å². The Kier molecular flexibility index (Phi) is 3.94. The van der Waals surface area contributed by atoms with Gasteiger partial charge in [0, 0.05) is 24.9 Å². The van der Waals surface area contributed by atoms with Crippen LogP contribution in [-0.4, -0.2) is 40.5 Å². The summed E-state index contributed by atoms with van der Waals surface area (Å²) in [4.78, 5) is 6.96. The van der Waals surface area contributed by atoms with E-state index in [9.17, 15) is 4.39 Å². The monoisotopic (exact) mass is 295 g/mol. The molecule has 20 heavy (non-hydrogen) atoms. The largest absolute Gasteiger partial charge is 0.323 e. The van der Waals surface area contributed by atoms with Crippen LogP contribution in [0, 0.1) is 5.82 Å². The number of aromatic nitrogens is 2. The van der Waals surface area contributed by atoms with Crippen LogP contribution in [0.5, 0.6) is 0 Å². The lowest BCUT2D eigenvalue weighted by Crippen LogP contribution is -2.34. The molecule has 1 saturated heterocycles. The molecule has 0 amide bonds. The molecule has 1 aliphatic rings. The first kappa shape index (κ1) is 13.8. The van der Waals surface area contributed by atoms with Crippen LogP contribution in [0.1, 0.15) is 24.7 Å². The molecule has 0 saturated carbocycles. The summed E-state index contributed by atoms with van der Waals surface area (Å²) in [6, 6.07) is 5.18. The van der Waals surface area contributed by atoms with Crippen molar-refractivity contribution < 1.29 is 4.39 Å². The topological polar surface area (TPSA) is 21.1 Å². The summed E-state index contributed by atoms with van der Waals surface area (Å²) in [6.07, 6.45) is 3.00. The number of hydrogen-bond acceptors (Lipinski definition) is 2. The SMILES string of the molecule is CN1CCCC(n2c(CCCl)nc3ccc(F)cc32)C1. The Morgan fingerprint density at radius 1 is 1.45 bits per heavy atom. The van der Waals surface area contributed by atoms with Crippen molar-refractivity contribution >= 4 is 22.6 Å². The summed E-state index contributed by atoms with van der Waals surface area (Å²) in [5, 5.41) is 0. The van der Waals surface area contributed by atoms with Gasteiger partial charge in [-0.05, 0) is 44.6 Å². The van der Waals surface area contributed by atoms with Crippen LogP contribution >= 0.6 is 11.6 Å². The van der Waals surface area contributed by atoms with Crippen LogP contribution in [0.2, 0.25) is 0 Å². The van der Waals surface area contributed by atoms with Gasteiger partial charge in [-0.25, -0.2) is 9.37 Å². The maximum atomic E-state index is 13.6. The first-order chi connectivity index (χ1) is 9.69. The predicted octanol–water partition coefficient (Wildman–Crippen LogP) is 3.22. The van der Waals surface area contributed by atoms with Gasteiger partial charge in [-0.1, -0.05) is 0 Å². The highest BCUT2D eigenvalue weighted by Crippen LogP contribution is 2.28. The van der Waals surface area contributed by atoms with Gasteiger partial charge in [-0.2, -0.15) is 0 Å². The minimum atomic E-state index is -0.208. The van der Waals surface area contributed by atoms with Crippen molar-refractivity contribution in [2.45, 2.75) is 25.3 Å². The second-order valence-corrected chi connectivity index (χ2v) is 5.91. The fourth-order valence-electron chi connectivity index (χ4n) is 3.13. The quantitative estimate of drug-likeness (QED) is 0.811. The summed E-state index contributed by atoms with van der Waals surface area (Å²) in [5.41, 5.74) is 1.75. The van der Waals surface area contributed by atoms with E-state index in [1.807, 2.05) is 0 Å². The third kappa shape index (κ3) is 2.54. The van der Waals surface area contributed by atoms with Crippen molar-refractivity contribution in [1.82, 2.24) is 14.5 Å². The maximum Gasteiger partial charge on any atom is 0.125 e. The van der Waals surface area contributed by atoms with E-state index in [1.165, 1.54) is 6.07 Å². The molecule has 2 aromatic rings. The van der Waals surface area contributed by atoms with Gasteiger partial charge >= 0.3 is 0 Å². The summed E-state index contributed by atoms with van der Waals surface area (Å²) in [5.74, 6) is 1.30. The van der Waals surface area contributed by atoms with Crippen LogP contribution in [0.15, 0.2) is 18.2 Å². The molecule has 108 valence electrons. The first-order valence-electron chi connectivity index (χ1n) is 7.10. The van der Waals surface area contributed by atoms with E-state index in [2.05, 4.69) is 21.5 Å². The number of alkyl halides is 1. The lowest BCUT2D eigenvalue weighted by molar-refractivity contribution is 0.212. The number of piperidine rings is 1. The van der Waals surface area contributed by atoms with Gasteiger partial charge in [-0.3, -0.25) is 0 Å². The molecule has 1 unspecified atom stereocenters. The van der Waals surface area contributed by atoms with Gasteiger partial charge < -0.3 is 9.47 Å². The molecule has 1 aromatic heterocycles. The lowest BCUT2D eigenvalue weighted by Gasteiger charge is -2.32. The van der Waals surface area contributed by atoms with Gasteiger partial charge in [0.05, 0.1) is 11.0 Å². The molecule has 3 nitrogen and oxygen atoms in total. The van der Waals surface area contributed by atoms with Crippen molar-refractivity contribution in [3.8, 4) is 0 Å². The molecule has 0 bridgehead atoms. The van der Waals surface area contributed by atoms with Crippen LogP contribution in [0.3, 0.4) is 0 Å². The van der Waals surface area contributed by atoms with Crippen molar-refractivity contribution in [2.75, 3.05) is 26.0 Å². The number of benzene rings is 1. The molecule has 1 atom stereocenters. The maximum absolute atomic E-state index is 13.6. The number of likely N-dealkylation sites (tertiary alicyclic amines) is 1. The summed E-state index contributed by atoms with van der Waals surface area (Å²) in [7, 11) is 2.13. The normalized spacial score (nSPS) is 20.6. The highest BCUT2D eigenvalue weighted by atomic mass is 35.5. The number of aryl methyl sites for hydroxylation is 1. The second-order valence-electron chi connectivity index (χ2n) is 5.53. The first-order valence-corrected chi connectivity index (χ1v) is 7.63. The molecular formula is C15H19ClFN3. The van der Waals surface area contributed by atoms with E-state index in [1.54, 1.807) is 12.1 Å². The van der Waals surface area contributed by atoms with E-state index in [4.69, 9.17) is 11.6 Å². The second kappa shape index (κ2) is 5.70. The van der Waals surface area contributed by atoms with Gasteiger partial charge in [0.15, 0.2) is 0 Å². The number of fused-ring (bicyclic) bond motifs is 1. The zero-order valence-corrected chi connectivity index (χ0v) is 12.4. The number of nitrogens with zero attached hydrogens (tertiary/aromatic N) is 3. The molecule has 1 aromatic carbocycles. The summed E-state index contributed by atoms with van der Waals surface area (Å²) < 4.78 is 15.8. The minimum Gasteiger partial charge on any atom is -0.323 e. The van der Waals surface area contributed by atoms with Gasteiger partial charge in [0.2, 0.25) is 0 Å². The van der Waals surface area contributed by atoms with E-state index in [0.29, 0.717) is 11.9 Å². The molecule has 1 aliphatic heterocycles. The molecule has 5 heteroatoms. The average Bonchev–Trinajstić information content (AvgIpc) is 2.76. The van der Waals surface area contributed by atoms with Crippen molar-refractivity contribution in [1.29, 1.82) is 0 Å². The number of hydrogen-bond donors (Lipinski definition) is 0. The third-order valence-corrected chi connectivity index (χ3v) is 4.20. The smallest absolute Gasteiger partial charge is 0.125 e. The molecule has 1 fully saturated rings. The predicted molar refractivity (Wildman–Crippen MR) is 79.9 cm³/mol. The van der Waals surface area contributed by atoms with Crippen LogP contribution in [0.25, 0.3) is 11.0 Å². The zero-order chi connectivity index (χ0) is 14.1. The average molecular weight is 296 g/mol. The van der Waals surface area contributed by atoms with Gasteiger partial charge in [-0.15, -0.1) is 11.6 Å². The Morgan fingerprint density at radius 2 is 2.30 bits per heavy atom.